The van der Waals surface area contributed by atoms with Crippen LogP contribution in [0.5, 0.6) is 0 Å². The van der Waals surface area contributed by atoms with Crippen molar-refractivity contribution in [1.29, 1.82) is 0 Å². The average Bonchev–Trinajstić information content (AvgIpc) is 2.63. The lowest BCUT2D eigenvalue weighted by Gasteiger charge is -2.20. The monoisotopic (exact) mass is 319 g/mol. The number of hydrogen-bond acceptors (Lipinski definition) is 5. The van der Waals surface area contributed by atoms with E-state index in [0.717, 1.165) is 4.73 Å². The SMILES string of the molecule is CC(=O)C[C@H]1C=CC[C@H](NC(=O)Cc2cccc[n+]2O)B(O)O1. The van der Waals surface area contributed by atoms with Crippen molar-refractivity contribution in [2.75, 3.05) is 0 Å². The zero-order valence-electron chi connectivity index (χ0n) is 12.9. The average molecular weight is 319 g/mol. The van der Waals surface area contributed by atoms with Gasteiger partial charge in [0.15, 0.2) is 0 Å². The highest BCUT2D eigenvalue weighted by molar-refractivity contribution is 6.45. The van der Waals surface area contributed by atoms with Crippen molar-refractivity contribution in [3.63, 3.8) is 0 Å². The number of hydrogen-bond donors (Lipinski definition) is 3. The van der Waals surface area contributed by atoms with Crippen LogP contribution in [0.15, 0.2) is 36.5 Å². The Kier molecular flexibility index (Phi) is 5.89. The Hall–Kier alpha value is -2.19. The van der Waals surface area contributed by atoms with Gasteiger partial charge in [0.2, 0.25) is 17.8 Å². The molecule has 0 aromatic carbocycles. The van der Waals surface area contributed by atoms with E-state index in [9.17, 15) is 19.8 Å². The van der Waals surface area contributed by atoms with Crippen molar-refractivity contribution in [3.05, 3.63) is 42.2 Å². The van der Waals surface area contributed by atoms with E-state index < -0.39 is 19.2 Å². The van der Waals surface area contributed by atoms with Crippen LogP contribution < -0.4 is 10.0 Å². The van der Waals surface area contributed by atoms with Crippen molar-refractivity contribution in [2.24, 2.45) is 0 Å². The molecule has 23 heavy (non-hydrogen) atoms. The minimum absolute atomic E-state index is 0.0266. The first kappa shape index (κ1) is 17.2. The van der Waals surface area contributed by atoms with Gasteiger partial charge in [0, 0.05) is 23.3 Å². The standard InChI is InChI=1S/C15H19BN2O5/c1-11(19)9-13-6-4-7-14(16(21)23-13)17-15(20)10-12-5-2-3-8-18(12)22/h2-6,8,13-14,21H,7,9-10H2,1H3,(H-,17,20,22)/p+1/t13-,14+/m1/s1. The molecule has 0 fully saturated rings. The predicted octanol–water partition coefficient (Wildman–Crippen LogP) is -0.417. The molecule has 2 rings (SSSR count). The molecule has 122 valence electrons. The quantitative estimate of drug-likeness (QED) is 0.296. The van der Waals surface area contributed by atoms with Gasteiger partial charge < -0.3 is 15.0 Å². The van der Waals surface area contributed by atoms with Crippen molar-refractivity contribution in [2.45, 2.75) is 38.2 Å². The summed E-state index contributed by atoms with van der Waals surface area (Å²) in [6, 6.07) is 4.99. The summed E-state index contributed by atoms with van der Waals surface area (Å²) in [6.07, 6.45) is 5.00. The van der Waals surface area contributed by atoms with Crippen LogP contribution >= 0.6 is 0 Å². The Labute approximate surface area is 134 Å². The van der Waals surface area contributed by atoms with E-state index in [1.165, 1.54) is 13.1 Å². The third-order valence-electron chi connectivity index (χ3n) is 3.50. The van der Waals surface area contributed by atoms with Crippen LogP contribution in [0.1, 0.15) is 25.5 Å². The molecule has 2 heterocycles. The molecule has 2 atom stereocenters. The molecule has 1 aliphatic heterocycles. The highest BCUT2D eigenvalue weighted by Crippen LogP contribution is 2.12. The second-order valence-corrected chi connectivity index (χ2v) is 5.52. The molecule has 8 heteroatoms. The van der Waals surface area contributed by atoms with E-state index in [1.54, 1.807) is 30.4 Å². The van der Waals surface area contributed by atoms with Gasteiger partial charge in [-0.15, -0.1) is 0 Å². The number of rotatable bonds is 5. The molecule has 0 aliphatic carbocycles. The maximum atomic E-state index is 12.1. The van der Waals surface area contributed by atoms with Gasteiger partial charge in [-0.1, -0.05) is 12.2 Å². The Morgan fingerprint density at radius 3 is 2.96 bits per heavy atom. The summed E-state index contributed by atoms with van der Waals surface area (Å²) >= 11 is 0. The van der Waals surface area contributed by atoms with Crippen LogP contribution in [0, 0.1) is 0 Å². The lowest BCUT2D eigenvalue weighted by atomic mass is 9.77. The highest BCUT2D eigenvalue weighted by atomic mass is 16.5. The molecule has 7 nitrogen and oxygen atoms in total. The van der Waals surface area contributed by atoms with Gasteiger partial charge >= 0.3 is 7.12 Å². The van der Waals surface area contributed by atoms with Crippen LogP contribution in [0.25, 0.3) is 0 Å². The maximum Gasteiger partial charge on any atom is 0.478 e. The van der Waals surface area contributed by atoms with Gasteiger partial charge in [-0.25, -0.2) is 0 Å². The Balaban J connectivity index is 1.92. The molecule has 1 aromatic rings. The number of nitrogens with one attached hydrogen (secondary N) is 1. The van der Waals surface area contributed by atoms with E-state index in [4.69, 9.17) is 4.65 Å². The fourth-order valence-electron chi connectivity index (χ4n) is 2.37. The van der Waals surface area contributed by atoms with Gasteiger partial charge in [0.1, 0.15) is 12.2 Å². The Morgan fingerprint density at radius 2 is 2.26 bits per heavy atom. The third kappa shape index (κ3) is 5.19. The molecule has 0 spiro atoms. The minimum atomic E-state index is -1.20. The second-order valence-electron chi connectivity index (χ2n) is 5.52. The van der Waals surface area contributed by atoms with Crippen LogP contribution in [-0.4, -0.2) is 41.1 Å². The molecule has 0 unspecified atom stereocenters. The molecular weight excluding hydrogens is 299 g/mol. The third-order valence-corrected chi connectivity index (χ3v) is 3.50. The molecule has 1 amide bonds. The maximum absolute atomic E-state index is 12.1. The number of ketones is 1. The lowest BCUT2D eigenvalue weighted by molar-refractivity contribution is -0.909. The number of Topliss-reactive ketones (excluding diaryl/α,β-unsaturated/α-hetero) is 1. The molecule has 0 saturated heterocycles. The van der Waals surface area contributed by atoms with Crippen molar-refractivity contribution < 1.29 is 29.2 Å². The van der Waals surface area contributed by atoms with Crippen molar-refractivity contribution >= 4 is 18.8 Å². The van der Waals surface area contributed by atoms with Crippen LogP contribution in [0.2, 0.25) is 0 Å². The molecule has 1 aromatic heterocycles. The number of carbonyl (C=O) groups excluding carboxylic acids is 2. The zero-order chi connectivity index (χ0) is 16.8. The summed E-state index contributed by atoms with van der Waals surface area (Å²) in [5, 5.41) is 22.3. The van der Waals surface area contributed by atoms with E-state index in [1.807, 2.05) is 0 Å². The topological polar surface area (TPSA) is 99.7 Å². The fourth-order valence-corrected chi connectivity index (χ4v) is 2.37. The summed E-state index contributed by atoms with van der Waals surface area (Å²) in [4.78, 5) is 23.2. The fraction of sp³-hybridized carbons (Fsp3) is 0.400. The predicted molar refractivity (Wildman–Crippen MR) is 81.4 cm³/mol. The molecule has 0 bridgehead atoms. The van der Waals surface area contributed by atoms with Gasteiger partial charge in [0.25, 0.3) is 0 Å². The number of pyridine rings is 1. The number of aromatic nitrogens is 1. The van der Waals surface area contributed by atoms with E-state index >= 15 is 0 Å². The Morgan fingerprint density at radius 1 is 1.48 bits per heavy atom. The van der Waals surface area contributed by atoms with Gasteiger partial charge in [0.05, 0.1) is 12.0 Å². The minimum Gasteiger partial charge on any atom is -0.426 e. The highest BCUT2D eigenvalue weighted by Gasteiger charge is 2.32. The Bertz CT molecular complexity index is 607. The van der Waals surface area contributed by atoms with Gasteiger partial charge in [-0.3, -0.25) is 14.8 Å². The van der Waals surface area contributed by atoms with E-state index in [2.05, 4.69) is 5.32 Å². The van der Waals surface area contributed by atoms with Crippen molar-refractivity contribution in [3.8, 4) is 0 Å². The molecule has 1 aliphatic rings. The molecular formula is C15H20BN2O5+. The van der Waals surface area contributed by atoms with Crippen LogP contribution in [0.4, 0.5) is 0 Å². The first-order valence-corrected chi connectivity index (χ1v) is 7.43. The second kappa shape index (κ2) is 7.89. The van der Waals surface area contributed by atoms with Crippen LogP contribution in [0.3, 0.4) is 0 Å². The number of nitrogens with zero attached hydrogens (tertiary/aromatic N) is 1. The summed E-state index contributed by atoms with van der Waals surface area (Å²) in [5.41, 5.74) is 0.430. The van der Waals surface area contributed by atoms with Crippen LogP contribution in [-0.2, 0) is 20.7 Å². The lowest BCUT2D eigenvalue weighted by Crippen LogP contribution is -2.49. The smallest absolute Gasteiger partial charge is 0.426 e. The normalized spacial score (nSPS) is 20.9. The van der Waals surface area contributed by atoms with Gasteiger partial charge in [-0.05, 0) is 19.4 Å². The van der Waals surface area contributed by atoms with Crippen molar-refractivity contribution in [1.82, 2.24) is 5.32 Å². The van der Waals surface area contributed by atoms with Gasteiger partial charge in [-0.2, -0.15) is 0 Å². The summed E-state index contributed by atoms with van der Waals surface area (Å²) in [7, 11) is -1.20. The molecule has 3 N–H and O–H groups in total. The first-order valence-electron chi connectivity index (χ1n) is 7.43. The zero-order valence-corrected chi connectivity index (χ0v) is 12.9. The first-order chi connectivity index (χ1) is 11.0. The van der Waals surface area contributed by atoms with E-state index in [-0.39, 0.29) is 24.5 Å². The largest absolute Gasteiger partial charge is 0.478 e. The molecule has 0 saturated carbocycles. The molecule has 0 radical (unpaired) electrons. The summed E-state index contributed by atoms with van der Waals surface area (Å²) in [6.45, 7) is 1.46. The summed E-state index contributed by atoms with van der Waals surface area (Å²) in [5.74, 6) is -0.984. The number of carbonyl (C=O) groups is 2. The van der Waals surface area contributed by atoms with E-state index in [0.29, 0.717) is 12.1 Å². The summed E-state index contributed by atoms with van der Waals surface area (Å²) < 4.78 is 6.27. The number of amides is 1.